The number of benzene rings is 3. The summed E-state index contributed by atoms with van der Waals surface area (Å²) in [5, 5.41) is 43.2. The number of Topliss-reactive ketones (excluding diaryl/α,β-unsaturated/α-hetero) is 3. The van der Waals surface area contributed by atoms with E-state index >= 15 is 0 Å². The van der Waals surface area contributed by atoms with Crippen LogP contribution in [-0.2, 0) is 59.4 Å². The summed E-state index contributed by atoms with van der Waals surface area (Å²) in [7, 11) is 1.81. The third kappa shape index (κ3) is 5.89. The maximum atomic E-state index is 12.9. The maximum absolute atomic E-state index is 12.9. The molecule has 10 fully saturated rings. The number of ether oxygens (including phenoxy) is 5. The molecule has 9 aliphatic carbocycles. The van der Waals surface area contributed by atoms with Crippen molar-refractivity contribution in [2.75, 3.05) is 53.1 Å². The molecular formula is C62H72BrN3O12. The van der Waals surface area contributed by atoms with Crippen LogP contribution in [-0.4, -0.2) is 158 Å². The lowest BCUT2D eigenvalue weighted by Gasteiger charge is -2.64. The van der Waals surface area contributed by atoms with Gasteiger partial charge in [-0.3, -0.25) is 28.7 Å². The van der Waals surface area contributed by atoms with Gasteiger partial charge in [0.1, 0.15) is 11.6 Å². The number of halogens is 1. The number of quaternary nitrogens is 1. The number of phenolic OH excluding ortho intramolecular Hbond substituents is 3. The van der Waals surface area contributed by atoms with Crippen molar-refractivity contribution in [2.45, 2.75) is 185 Å². The molecule has 414 valence electrons. The first-order valence-electron chi connectivity index (χ1n) is 29.6. The van der Waals surface area contributed by atoms with Crippen molar-refractivity contribution in [1.82, 2.24) is 9.80 Å². The van der Waals surface area contributed by atoms with Crippen molar-refractivity contribution in [3.05, 3.63) is 69.8 Å². The Hall–Kier alpha value is -4.29. The van der Waals surface area contributed by atoms with Crippen molar-refractivity contribution in [3.8, 4) is 34.5 Å². The summed E-state index contributed by atoms with van der Waals surface area (Å²) in [5.74, 6) is 4.87. The number of phenols is 3. The van der Waals surface area contributed by atoms with Crippen molar-refractivity contribution < 1.29 is 80.0 Å². The SMILES string of the molecule is CO[C@@]12CCC(=O)[C@@H]3Oc4c(O)ccc5c4[C@@]31CCN(CC1CC1)[C@@H]2C5.O=C1CC[C@@]2(O)[C@H]3Cc4ccc(O)c5c4[C@@]2(CCN3CC2CC2)[C@H]1O5.O=C1CC[C@]23OC[N+]4(CC5CC5)CC[C@@]25c2c(ccc(O)c2O[C@@H]15)C[C@H]34.[Br-]. The van der Waals surface area contributed by atoms with E-state index in [1.807, 2.05) is 19.2 Å². The van der Waals surface area contributed by atoms with E-state index in [1.54, 1.807) is 18.2 Å². The molecule has 6 saturated carbocycles. The van der Waals surface area contributed by atoms with Gasteiger partial charge in [0.15, 0.2) is 76.9 Å². The predicted molar refractivity (Wildman–Crippen MR) is 276 cm³/mol. The summed E-state index contributed by atoms with van der Waals surface area (Å²) < 4.78 is 32.6. The zero-order valence-electron chi connectivity index (χ0n) is 44.6. The van der Waals surface area contributed by atoms with Crippen LogP contribution in [0.5, 0.6) is 34.5 Å². The Morgan fingerprint density at radius 2 is 1.08 bits per heavy atom. The van der Waals surface area contributed by atoms with Crippen molar-refractivity contribution in [3.63, 3.8) is 0 Å². The van der Waals surface area contributed by atoms with E-state index < -0.39 is 40.3 Å². The van der Waals surface area contributed by atoms with Gasteiger partial charge in [-0.15, -0.1) is 0 Å². The minimum absolute atomic E-state index is 0. The molecule has 3 aromatic rings. The highest BCUT2D eigenvalue weighted by molar-refractivity contribution is 5.92. The highest BCUT2D eigenvalue weighted by atomic mass is 79.9. The Morgan fingerprint density at radius 1 is 0.590 bits per heavy atom. The topological polar surface area (TPSA) is 185 Å². The van der Waals surface area contributed by atoms with Gasteiger partial charge in [0, 0.05) is 87.0 Å². The van der Waals surface area contributed by atoms with Crippen LogP contribution in [0.2, 0.25) is 0 Å². The second kappa shape index (κ2) is 16.2. The van der Waals surface area contributed by atoms with Crippen LogP contribution in [0.3, 0.4) is 0 Å². The Balaban J connectivity index is 0.0000000972. The molecule has 0 radical (unpaired) electrons. The summed E-state index contributed by atoms with van der Waals surface area (Å²) in [6.07, 6.45) is 15.1. The fourth-order valence-electron chi connectivity index (χ4n) is 20.4. The summed E-state index contributed by atoms with van der Waals surface area (Å²) in [6, 6.07) is 12.0. The summed E-state index contributed by atoms with van der Waals surface area (Å²) in [5.41, 5.74) is 3.63. The van der Waals surface area contributed by atoms with E-state index in [1.165, 1.54) is 56.2 Å². The third-order valence-electron chi connectivity index (χ3n) is 24.0. The quantitative estimate of drug-likeness (QED) is 0.254. The van der Waals surface area contributed by atoms with Crippen LogP contribution in [0.15, 0.2) is 36.4 Å². The molecule has 15 nitrogen and oxygen atoms in total. The van der Waals surface area contributed by atoms with Gasteiger partial charge in [-0.25, -0.2) is 0 Å². The summed E-state index contributed by atoms with van der Waals surface area (Å²) >= 11 is 0. The van der Waals surface area contributed by atoms with Crippen molar-refractivity contribution in [1.29, 1.82) is 0 Å². The molecule has 16 aliphatic rings. The minimum atomic E-state index is -0.940. The molecule has 4 N–H and O–H groups in total. The van der Waals surface area contributed by atoms with Crippen molar-refractivity contribution in [2.24, 2.45) is 17.8 Å². The van der Waals surface area contributed by atoms with E-state index in [4.69, 9.17) is 23.7 Å². The Labute approximate surface area is 465 Å². The first-order valence-corrected chi connectivity index (χ1v) is 29.6. The molecule has 0 amide bonds. The molecule has 0 aromatic heterocycles. The highest BCUT2D eigenvalue weighted by Gasteiger charge is 2.82. The van der Waals surface area contributed by atoms with E-state index in [9.17, 15) is 34.8 Å². The van der Waals surface area contributed by atoms with Gasteiger partial charge in [0.05, 0.1) is 40.5 Å². The average Bonchev–Trinajstić information content (AvgIpc) is 3.20. The van der Waals surface area contributed by atoms with Gasteiger partial charge in [-0.1, -0.05) is 18.2 Å². The molecule has 19 rings (SSSR count). The lowest BCUT2D eigenvalue weighted by molar-refractivity contribution is -0.953. The number of methoxy groups -OCH3 is 1. The molecule has 78 heavy (non-hydrogen) atoms. The van der Waals surface area contributed by atoms with Gasteiger partial charge in [-0.05, 0) is 143 Å². The first-order chi connectivity index (χ1) is 37.2. The standard InChI is InChI=1S/C21H23NO4.C21H25NO4.C20H23NO4.BrH/c23-14-4-3-13-9-16-21-6-5-15(24)19-20(21,17(13)18(14)26-19)7-8-22(16,11-25-21)10-12-1-2-12;1-25-21-7-6-15(24)19-20(21)8-9-22(11-12-2-3-12)16(21)10-13-4-5-14(23)18(26-19)17(13)20;22-13-4-3-12-9-15-20(24)6-5-14(23)18-19(20,16(12)17(13)25-18)7-8-21(15)10-11-1-2-11;/h3-4,12,16,19H,1-2,5-11H2;4-5,12,16,19,23H,2-3,6-11H2,1H3;3-4,11,15,18,22,24H,1-2,5-10H2;1H/t16-,19+,20+,21-,22?;16-,19+,20+,21-;15-,18+,19+,20-;/m111./s1. The second-order valence-electron chi connectivity index (χ2n) is 27.2. The van der Waals surface area contributed by atoms with Crippen LogP contribution in [0.1, 0.15) is 130 Å². The zero-order valence-corrected chi connectivity index (χ0v) is 46.2. The number of aromatic hydroxyl groups is 3. The van der Waals surface area contributed by atoms with Crippen LogP contribution < -0.4 is 31.2 Å². The van der Waals surface area contributed by atoms with Gasteiger partial charge in [-0.2, -0.15) is 0 Å². The first kappa shape index (κ1) is 49.5. The molecule has 4 spiro atoms. The molecular weight excluding hydrogens is 1060 g/mol. The van der Waals surface area contributed by atoms with Gasteiger partial charge < -0.3 is 61.1 Å². The average molecular weight is 1130 g/mol. The monoisotopic (exact) mass is 1130 g/mol. The van der Waals surface area contributed by atoms with Crippen LogP contribution in [0.4, 0.5) is 0 Å². The van der Waals surface area contributed by atoms with E-state index in [-0.39, 0.29) is 74.7 Å². The van der Waals surface area contributed by atoms with Gasteiger partial charge in [0.2, 0.25) is 0 Å². The molecule has 4 saturated heterocycles. The molecule has 3 aromatic carbocycles. The Bertz CT molecular complexity index is 3110. The molecule has 7 heterocycles. The number of hydrogen-bond donors (Lipinski definition) is 4. The lowest BCUT2D eigenvalue weighted by Crippen LogP contribution is -3.00. The number of carbonyl (C=O) groups excluding carboxylic acids is 3. The summed E-state index contributed by atoms with van der Waals surface area (Å²) in [6.45, 7) is 7.18. The smallest absolute Gasteiger partial charge is 0.184 e. The largest absolute Gasteiger partial charge is 1.00 e. The number of likely N-dealkylation sites (tertiary alicyclic amines) is 2. The van der Waals surface area contributed by atoms with Gasteiger partial charge in [0.25, 0.3) is 0 Å². The molecule has 8 bridgehead atoms. The number of carbonyl (C=O) groups is 3. The number of hydrogen-bond acceptors (Lipinski definition) is 14. The maximum Gasteiger partial charge on any atom is 0.184 e. The number of aliphatic hydroxyl groups is 1. The lowest BCUT2D eigenvalue weighted by atomic mass is 9.49. The molecule has 1 unspecified atom stereocenters. The zero-order chi connectivity index (χ0) is 52.0. The van der Waals surface area contributed by atoms with Crippen LogP contribution >= 0.6 is 0 Å². The summed E-state index contributed by atoms with van der Waals surface area (Å²) in [4.78, 5) is 43.6. The fraction of sp³-hybridized carbons (Fsp3) is 0.661. The molecule has 7 aliphatic heterocycles. The Kier molecular flexibility index (Phi) is 10.3. The van der Waals surface area contributed by atoms with E-state index in [0.29, 0.717) is 49.0 Å². The predicted octanol–water partition coefficient (Wildman–Crippen LogP) is 2.74. The Morgan fingerprint density at radius 3 is 1.67 bits per heavy atom. The number of ketones is 3. The number of nitrogens with zero attached hydrogens (tertiary/aromatic N) is 3. The number of rotatable bonds is 7. The highest BCUT2D eigenvalue weighted by Crippen LogP contribution is 2.71. The number of piperidine rings is 3. The van der Waals surface area contributed by atoms with Crippen LogP contribution in [0, 0.1) is 17.8 Å². The third-order valence-corrected chi connectivity index (χ3v) is 24.0. The van der Waals surface area contributed by atoms with Crippen molar-refractivity contribution >= 4 is 17.3 Å². The van der Waals surface area contributed by atoms with E-state index in [0.717, 1.165) is 135 Å². The second-order valence-corrected chi connectivity index (χ2v) is 27.2. The molecule has 16 heteroatoms. The van der Waals surface area contributed by atoms with E-state index in [2.05, 4.69) is 15.9 Å². The van der Waals surface area contributed by atoms with Gasteiger partial charge >= 0.3 is 0 Å². The minimum Gasteiger partial charge on any atom is -1.00 e. The normalized spacial score (nSPS) is 42.3. The molecule has 13 atom stereocenters. The van der Waals surface area contributed by atoms with Crippen LogP contribution in [0.25, 0.3) is 0 Å². The fourth-order valence-corrected chi connectivity index (χ4v) is 20.4.